The van der Waals surface area contributed by atoms with Crippen molar-refractivity contribution in [3.05, 3.63) is 33.7 Å². The lowest BCUT2D eigenvalue weighted by molar-refractivity contribution is 0.821. The Morgan fingerprint density at radius 3 is 2.72 bits per heavy atom. The Morgan fingerprint density at radius 2 is 2.00 bits per heavy atom. The molecule has 0 atom stereocenters. The largest absolute Gasteiger partial charge is 0.315 e. The van der Waals surface area contributed by atoms with Crippen molar-refractivity contribution in [3.8, 4) is 0 Å². The number of thiophene rings is 1. The first-order chi connectivity index (χ1) is 8.86. The van der Waals surface area contributed by atoms with Crippen molar-refractivity contribution in [3.63, 3.8) is 0 Å². The molecule has 1 aromatic heterocycles. The lowest BCUT2D eigenvalue weighted by atomic mass is 10.0. The average molecular weight is 257 g/mol. The predicted molar refractivity (Wildman–Crippen MR) is 78.6 cm³/mol. The van der Waals surface area contributed by atoms with Crippen molar-refractivity contribution in [2.24, 2.45) is 0 Å². The fraction of sp³-hybridized carbons (Fsp3) is 0.500. The van der Waals surface area contributed by atoms with Gasteiger partial charge in [0.15, 0.2) is 0 Å². The smallest absolute Gasteiger partial charge is 0.0352 e. The molecule has 0 aliphatic heterocycles. The number of benzene rings is 1. The Kier molecular flexibility index (Phi) is 2.49. The van der Waals surface area contributed by atoms with Crippen molar-refractivity contribution in [1.29, 1.82) is 0 Å². The first-order valence-corrected chi connectivity index (χ1v) is 7.90. The van der Waals surface area contributed by atoms with Crippen LogP contribution in [0.25, 0.3) is 10.1 Å². The van der Waals surface area contributed by atoms with Gasteiger partial charge in [-0.15, -0.1) is 11.3 Å². The van der Waals surface area contributed by atoms with Gasteiger partial charge in [0.25, 0.3) is 0 Å². The summed E-state index contributed by atoms with van der Waals surface area (Å²) in [5.74, 6) is 0.863. The maximum absolute atomic E-state index is 3.34. The third kappa shape index (κ3) is 1.63. The zero-order valence-electron chi connectivity index (χ0n) is 10.9. The zero-order valence-corrected chi connectivity index (χ0v) is 11.7. The minimum atomic E-state index is 0.863. The van der Waals surface area contributed by atoms with Gasteiger partial charge in [-0.3, -0.25) is 0 Å². The molecule has 1 fully saturated rings. The van der Waals surface area contributed by atoms with Gasteiger partial charge in [-0.2, -0.15) is 0 Å². The molecule has 0 amide bonds. The van der Waals surface area contributed by atoms with E-state index in [-0.39, 0.29) is 0 Å². The minimum Gasteiger partial charge on any atom is -0.315 e. The standard InChI is InChI=1S/C16H19NS/c1-17-9-15-16(10-5-6-10)13-7-11-3-2-4-12(11)8-14(13)18-15/h7-8,10,17H,2-6,9H2,1H3. The molecule has 2 aliphatic carbocycles. The SMILES string of the molecule is CNCc1sc2cc3c(cc2c1C1CC1)CCC3. The lowest BCUT2D eigenvalue weighted by Crippen LogP contribution is -2.04. The van der Waals surface area contributed by atoms with Crippen LogP contribution < -0.4 is 5.32 Å². The van der Waals surface area contributed by atoms with Crippen LogP contribution in [0, 0.1) is 0 Å². The van der Waals surface area contributed by atoms with E-state index in [0.29, 0.717) is 0 Å². The highest BCUT2D eigenvalue weighted by Crippen LogP contribution is 2.48. The summed E-state index contributed by atoms with van der Waals surface area (Å²) in [6, 6.07) is 4.99. The molecule has 0 unspecified atom stereocenters. The van der Waals surface area contributed by atoms with Crippen molar-refractivity contribution in [2.75, 3.05) is 7.05 Å². The van der Waals surface area contributed by atoms with Crippen LogP contribution in [0.5, 0.6) is 0 Å². The van der Waals surface area contributed by atoms with Crippen LogP contribution in [-0.2, 0) is 19.4 Å². The number of nitrogens with one attached hydrogen (secondary N) is 1. The normalized spacial score (nSPS) is 18.5. The van der Waals surface area contributed by atoms with E-state index in [1.165, 1.54) is 36.8 Å². The van der Waals surface area contributed by atoms with E-state index in [4.69, 9.17) is 0 Å². The van der Waals surface area contributed by atoms with E-state index in [1.807, 2.05) is 11.3 Å². The molecule has 0 bridgehead atoms. The third-order valence-electron chi connectivity index (χ3n) is 4.34. The van der Waals surface area contributed by atoms with Gasteiger partial charge >= 0.3 is 0 Å². The Balaban J connectivity index is 1.94. The predicted octanol–water partition coefficient (Wildman–Crippen LogP) is 3.99. The number of fused-ring (bicyclic) bond motifs is 2. The van der Waals surface area contributed by atoms with Crippen LogP contribution in [0.2, 0.25) is 0 Å². The van der Waals surface area contributed by atoms with Crippen LogP contribution in [0.15, 0.2) is 12.1 Å². The quantitative estimate of drug-likeness (QED) is 0.876. The Bertz CT molecular complexity index is 607. The minimum absolute atomic E-state index is 0.863. The molecule has 0 spiro atoms. The Labute approximate surface area is 112 Å². The van der Waals surface area contributed by atoms with Crippen LogP contribution >= 0.6 is 11.3 Å². The van der Waals surface area contributed by atoms with Gasteiger partial charge < -0.3 is 5.32 Å². The number of rotatable bonds is 3. The topological polar surface area (TPSA) is 12.0 Å². The fourth-order valence-electron chi connectivity index (χ4n) is 3.35. The number of hydrogen-bond donors (Lipinski definition) is 1. The molecule has 2 heteroatoms. The summed E-state index contributed by atoms with van der Waals surface area (Å²) >= 11 is 2.02. The Hall–Kier alpha value is -0.860. The molecule has 2 aromatic rings. The summed E-state index contributed by atoms with van der Waals surface area (Å²) in [5, 5.41) is 4.91. The molecule has 1 saturated carbocycles. The van der Waals surface area contributed by atoms with Gasteiger partial charge in [-0.05, 0) is 79.3 Å². The second kappa shape index (κ2) is 4.07. The molecule has 1 aromatic carbocycles. The van der Waals surface area contributed by atoms with Gasteiger partial charge in [0.1, 0.15) is 0 Å². The monoisotopic (exact) mass is 257 g/mol. The van der Waals surface area contributed by atoms with Gasteiger partial charge in [-0.1, -0.05) is 0 Å². The maximum atomic E-state index is 3.34. The van der Waals surface area contributed by atoms with E-state index in [1.54, 1.807) is 27.0 Å². The molecule has 4 rings (SSSR count). The molecular weight excluding hydrogens is 238 g/mol. The highest BCUT2D eigenvalue weighted by molar-refractivity contribution is 7.19. The summed E-state index contributed by atoms with van der Waals surface area (Å²) in [5.41, 5.74) is 4.92. The molecule has 1 nitrogen and oxygen atoms in total. The van der Waals surface area contributed by atoms with Gasteiger partial charge in [-0.25, -0.2) is 0 Å². The van der Waals surface area contributed by atoms with Crippen molar-refractivity contribution in [1.82, 2.24) is 5.32 Å². The van der Waals surface area contributed by atoms with Crippen LogP contribution in [0.4, 0.5) is 0 Å². The lowest BCUT2D eigenvalue weighted by Gasteiger charge is -2.03. The van der Waals surface area contributed by atoms with Crippen molar-refractivity contribution < 1.29 is 0 Å². The number of aryl methyl sites for hydroxylation is 2. The average Bonchev–Trinajstić information content (AvgIpc) is 2.99. The summed E-state index contributed by atoms with van der Waals surface area (Å²) in [7, 11) is 2.06. The molecule has 94 valence electrons. The van der Waals surface area contributed by atoms with Gasteiger partial charge in [0, 0.05) is 16.1 Å². The number of hydrogen-bond acceptors (Lipinski definition) is 2. The van der Waals surface area contributed by atoms with Gasteiger partial charge in [0.2, 0.25) is 0 Å². The van der Waals surface area contributed by atoms with Gasteiger partial charge in [0.05, 0.1) is 0 Å². The van der Waals surface area contributed by atoms with Crippen LogP contribution in [0.3, 0.4) is 0 Å². The van der Waals surface area contributed by atoms with Crippen LogP contribution in [-0.4, -0.2) is 7.05 Å². The summed E-state index contributed by atoms with van der Waals surface area (Å²) in [4.78, 5) is 1.58. The molecule has 1 N–H and O–H groups in total. The molecule has 1 heterocycles. The second-order valence-electron chi connectivity index (χ2n) is 5.71. The van der Waals surface area contributed by atoms with E-state index in [0.717, 1.165) is 12.5 Å². The summed E-state index contributed by atoms with van der Waals surface area (Å²) < 4.78 is 1.53. The van der Waals surface area contributed by atoms with E-state index < -0.39 is 0 Å². The highest BCUT2D eigenvalue weighted by atomic mass is 32.1. The van der Waals surface area contributed by atoms with E-state index in [9.17, 15) is 0 Å². The first-order valence-electron chi connectivity index (χ1n) is 7.08. The zero-order chi connectivity index (χ0) is 12.1. The second-order valence-corrected chi connectivity index (χ2v) is 6.85. The maximum Gasteiger partial charge on any atom is 0.0352 e. The highest BCUT2D eigenvalue weighted by Gasteiger charge is 2.30. The summed E-state index contributed by atoms with van der Waals surface area (Å²) in [6.45, 7) is 1.04. The van der Waals surface area contributed by atoms with E-state index in [2.05, 4.69) is 24.5 Å². The third-order valence-corrected chi connectivity index (χ3v) is 5.51. The molecule has 2 aliphatic rings. The van der Waals surface area contributed by atoms with E-state index >= 15 is 0 Å². The molecular formula is C16H19NS. The molecule has 0 saturated heterocycles. The first kappa shape index (κ1) is 11.0. The van der Waals surface area contributed by atoms with Crippen molar-refractivity contribution in [2.45, 2.75) is 44.6 Å². The van der Waals surface area contributed by atoms with Crippen molar-refractivity contribution >= 4 is 21.4 Å². The van der Waals surface area contributed by atoms with Crippen LogP contribution in [0.1, 0.15) is 46.7 Å². The summed E-state index contributed by atoms with van der Waals surface area (Å²) in [6.07, 6.45) is 6.75. The Morgan fingerprint density at radius 1 is 1.22 bits per heavy atom. The molecule has 18 heavy (non-hydrogen) atoms. The molecule has 0 radical (unpaired) electrons. The fourth-order valence-corrected chi connectivity index (χ4v) is 4.69.